The molecule has 0 saturated carbocycles. The van der Waals surface area contributed by atoms with Crippen molar-refractivity contribution < 1.29 is 4.58 Å². The van der Waals surface area contributed by atoms with Gasteiger partial charge in [-0.15, -0.1) is 24.0 Å². The van der Waals surface area contributed by atoms with E-state index in [0.717, 1.165) is 6.54 Å². The first-order chi connectivity index (χ1) is 9.57. The maximum absolute atomic E-state index is 2.53. The molecule has 2 heteroatoms. The summed E-state index contributed by atoms with van der Waals surface area (Å²) in [5, 5.41) is 2.76. The fourth-order valence-electron chi connectivity index (χ4n) is 3.45. The third-order valence-corrected chi connectivity index (χ3v) is 4.87. The molecule has 2 aromatic rings. The first-order valence-corrected chi connectivity index (χ1v) is 7.71. The van der Waals surface area contributed by atoms with Gasteiger partial charge in [0.1, 0.15) is 6.54 Å². The minimum absolute atomic E-state index is 0. The second-order valence-corrected chi connectivity index (χ2v) is 6.40. The van der Waals surface area contributed by atoms with Crippen molar-refractivity contribution in [2.75, 3.05) is 6.54 Å². The fourth-order valence-corrected chi connectivity index (χ4v) is 3.45. The number of nitrogens with zero attached hydrogens (tertiary/aromatic N) is 1. The van der Waals surface area contributed by atoms with E-state index in [1.54, 1.807) is 0 Å². The Hall–Kier alpha value is -0.900. The fraction of sp³-hybridized carbons (Fsp3) is 0.421. The molecule has 2 aromatic carbocycles. The minimum atomic E-state index is 0. The van der Waals surface area contributed by atoms with E-state index in [1.165, 1.54) is 40.6 Å². The zero-order valence-corrected chi connectivity index (χ0v) is 15.8. The summed E-state index contributed by atoms with van der Waals surface area (Å²) >= 11 is 0. The third kappa shape index (κ3) is 2.52. The molecular weight excluding hydrogens is 369 g/mol. The summed E-state index contributed by atoms with van der Waals surface area (Å²) < 4.78 is 2.53. The van der Waals surface area contributed by atoms with Crippen LogP contribution in [-0.2, 0) is 5.41 Å². The van der Waals surface area contributed by atoms with Crippen molar-refractivity contribution in [3.8, 4) is 0 Å². The van der Waals surface area contributed by atoms with Crippen molar-refractivity contribution in [1.82, 2.24) is 0 Å². The van der Waals surface area contributed by atoms with Crippen LogP contribution in [0.2, 0.25) is 0 Å². The average Bonchev–Trinajstić information content (AvgIpc) is 2.65. The molecule has 1 heterocycles. The number of hydrogen-bond donors (Lipinski definition) is 0. The number of hydrogen-bond acceptors (Lipinski definition) is 0. The second kappa shape index (κ2) is 6.07. The van der Waals surface area contributed by atoms with Crippen molar-refractivity contribution in [3.63, 3.8) is 0 Å². The van der Waals surface area contributed by atoms with Gasteiger partial charge >= 0.3 is 0 Å². The van der Waals surface area contributed by atoms with Gasteiger partial charge in [-0.25, -0.2) is 0 Å². The maximum atomic E-state index is 2.53. The van der Waals surface area contributed by atoms with Crippen molar-refractivity contribution in [2.24, 2.45) is 0 Å². The average molecular weight is 394 g/mol. The molecule has 3 rings (SSSR count). The van der Waals surface area contributed by atoms with Gasteiger partial charge in [0.15, 0.2) is 5.71 Å². The predicted octanol–water partition coefficient (Wildman–Crippen LogP) is 5.65. The van der Waals surface area contributed by atoms with Gasteiger partial charge in [0.2, 0.25) is 5.69 Å². The summed E-state index contributed by atoms with van der Waals surface area (Å²) in [6.07, 6.45) is 2.49. The summed E-state index contributed by atoms with van der Waals surface area (Å²) in [4.78, 5) is 0. The van der Waals surface area contributed by atoms with Crippen molar-refractivity contribution in [2.45, 2.75) is 46.0 Å². The lowest BCUT2D eigenvalue weighted by Gasteiger charge is -2.17. The van der Waals surface area contributed by atoms with Gasteiger partial charge in [-0.2, -0.15) is 4.58 Å². The van der Waals surface area contributed by atoms with E-state index >= 15 is 0 Å². The number of rotatable bonds is 3. The van der Waals surface area contributed by atoms with E-state index in [4.69, 9.17) is 0 Å². The third-order valence-electron chi connectivity index (χ3n) is 4.87. The van der Waals surface area contributed by atoms with Crippen LogP contribution in [0.15, 0.2) is 36.4 Å². The molecule has 0 radical (unpaired) electrons. The molecule has 0 amide bonds. The molecular formula is C19H25IN+. The van der Waals surface area contributed by atoms with Crippen LogP contribution in [0.4, 0.5) is 5.69 Å². The summed E-state index contributed by atoms with van der Waals surface area (Å²) in [5.41, 5.74) is 4.53. The van der Waals surface area contributed by atoms with Crippen LogP contribution in [0.25, 0.3) is 10.8 Å². The highest BCUT2D eigenvalue weighted by atomic mass is 127. The number of fused-ring (bicyclic) bond motifs is 3. The second-order valence-electron chi connectivity index (χ2n) is 6.40. The van der Waals surface area contributed by atoms with E-state index in [1.807, 2.05) is 0 Å². The molecule has 112 valence electrons. The molecule has 1 aliphatic heterocycles. The summed E-state index contributed by atoms with van der Waals surface area (Å²) in [6, 6.07) is 13.3. The van der Waals surface area contributed by atoms with Gasteiger partial charge in [-0.1, -0.05) is 37.6 Å². The molecule has 0 N–H and O–H groups in total. The molecule has 0 saturated heterocycles. The molecule has 21 heavy (non-hydrogen) atoms. The Morgan fingerprint density at radius 1 is 1.05 bits per heavy atom. The van der Waals surface area contributed by atoms with Crippen LogP contribution in [0.5, 0.6) is 0 Å². The summed E-state index contributed by atoms with van der Waals surface area (Å²) in [6.45, 7) is 10.4. The van der Waals surface area contributed by atoms with Crippen LogP contribution in [0.1, 0.15) is 46.1 Å². The van der Waals surface area contributed by atoms with Gasteiger partial charge in [0.25, 0.3) is 0 Å². The van der Waals surface area contributed by atoms with Crippen LogP contribution >= 0.6 is 24.0 Å². The van der Waals surface area contributed by atoms with E-state index in [-0.39, 0.29) is 29.4 Å². The molecule has 0 fully saturated rings. The van der Waals surface area contributed by atoms with Crippen LogP contribution in [0.3, 0.4) is 0 Å². The SMILES string of the molecule is CCCC[N+]1=C(C)C(C)(C)c2c1ccc1ccccc21.I. The molecule has 0 aliphatic carbocycles. The Kier molecular flexibility index (Phi) is 4.76. The molecule has 0 atom stereocenters. The van der Waals surface area contributed by atoms with Crippen molar-refractivity contribution in [3.05, 3.63) is 42.0 Å². The van der Waals surface area contributed by atoms with Gasteiger partial charge in [0.05, 0.1) is 5.41 Å². The van der Waals surface area contributed by atoms with Crippen molar-refractivity contribution >= 4 is 46.1 Å². The summed E-state index contributed by atoms with van der Waals surface area (Å²) in [5.74, 6) is 0. The van der Waals surface area contributed by atoms with Crippen LogP contribution < -0.4 is 0 Å². The quantitative estimate of drug-likeness (QED) is 0.467. The summed E-state index contributed by atoms with van der Waals surface area (Å²) in [7, 11) is 0. The first kappa shape index (κ1) is 16.5. The highest BCUT2D eigenvalue weighted by Gasteiger charge is 2.43. The zero-order valence-electron chi connectivity index (χ0n) is 13.4. The lowest BCUT2D eigenvalue weighted by atomic mass is 9.80. The Balaban J connectivity index is 0.00000161. The molecule has 1 aliphatic rings. The predicted molar refractivity (Wildman–Crippen MR) is 103 cm³/mol. The first-order valence-electron chi connectivity index (χ1n) is 7.71. The Morgan fingerprint density at radius 2 is 1.76 bits per heavy atom. The molecule has 0 unspecified atom stereocenters. The Labute approximate surface area is 145 Å². The molecule has 0 spiro atoms. The van der Waals surface area contributed by atoms with E-state index in [2.05, 4.69) is 68.7 Å². The van der Waals surface area contributed by atoms with Crippen molar-refractivity contribution in [1.29, 1.82) is 0 Å². The molecule has 0 aromatic heterocycles. The van der Waals surface area contributed by atoms with Crippen LogP contribution in [0, 0.1) is 0 Å². The maximum Gasteiger partial charge on any atom is 0.210 e. The van der Waals surface area contributed by atoms with Gasteiger partial charge < -0.3 is 0 Å². The molecule has 0 bridgehead atoms. The molecule has 1 nitrogen and oxygen atoms in total. The van der Waals surface area contributed by atoms with E-state index in [9.17, 15) is 0 Å². The number of benzene rings is 2. The lowest BCUT2D eigenvalue weighted by Crippen LogP contribution is -2.26. The van der Waals surface area contributed by atoms with Gasteiger partial charge in [0, 0.05) is 25.0 Å². The topological polar surface area (TPSA) is 3.01 Å². The highest BCUT2D eigenvalue weighted by Crippen LogP contribution is 2.43. The largest absolute Gasteiger partial charge is 0.210 e. The standard InChI is InChI=1S/C19H24N.HI/c1-5-6-13-20-14(2)19(3,4)18-16-10-8-7-9-15(16)11-12-17(18)20;/h7-12H,5-6,13H2,1-4H3;1H/q+1;. The van der Waals surface area contributed by atoms with E-state index in [0.29, 0.717) is 0 Å². The zero-order chi connectivity index (χ0) is 14.3. The minimum Gasteiger partial charge on any atom is -0.199 e. The number of halogens is 1. The Bertz CT molecular complexity index is 698. The van der Waals surface area contributed by atoms with Gasteiger partial charge in [-0.3, -0.25) is 0 Å². The van der Waals surface area contributed by atoms with Crippen LogP contribution in [-0.4, -0.2) is 16.8 Å². The Morgan fingerprint density at radius 3 is 2.48 bits per heavy atom. The highest BCUT2D eigenvalue weighted by molar-refractivity contribution is 14.0. The lowest BCUT2D eigenvalue weighted by molar-refractivity contribution is -0.439. The van der Waals surface area contributed by atoms with E-state index < -0.39 is 0 Å². The van der Waals surface area contributed by atoms with Gasteiger partial charge in [-0.05, 0) is 30.7 Å². The monoisotopic (exact) mass is 394 g/mol. The normalized spacial score (nSPS) is 16.0. The smallest absolute Gasteiger partial charge is 0.199 e. The number of unbranched alkanes of at least 4 members (excludes halogenated alkanes) is 1.